The van der Waals surface area contributed by atoms with Crippen molar-refractivity contribution >= 4 is 0 Å². The fourth-order valence-electron chi connectivity index (χ4n) is 5.18. The zero-order valence-electron chi connectivity index (χ0n) is 12.5. The van der Waals surface area contributed by atoms with Gasteiger partial charge in [-0.05, 0) is 12.5 Å². The van der Waals surface area contributed by atoms with Crippen LogP contribution in [0, 0.1) is 10.8 Å². The molecule has 7 nitrogen and oxygen atoms in total. The summed E-state index contributed by atoms with van der Waals surface area (Å²) in [7, 11) is 0. The summed E-state index contributed by atoms with van der Waals surface area (Å²) in [6.07, 6.45) is -4.67. The van der Waals surface area contributed by atoms with Crippen molar-refractivity contribution in [3.8, 4) is 0 Å². The lowest BCUT2D eigenvalue weighted by atomic mass is 9.50. The molecule has 2 aliphatic heterocycles. The molecular formula is C15H22O7. The Morgan fingerprint density at radius 2 is 1.86 bits per heavy atom. The van der Waals surface area contributed by atoms with Crippen LogP contribution in [0.4, 0.5) is 0 Å². The van der Waals surface area contributed by atoms with Crippen LogP contribution in [0.15, 0.2) is 11.6 Å². The number of hydrogen-bond donors (Lipinski definition) is 5. The first-order valence-electron chi connectivity index (χ1n) is 7.59. The lowest BCUT2D eigenvalue weighted by molar-refractivity contribution is -0.271. The van der Waals surface area contributed by atoms with Crippen LogP contribution in [0.3, 0.4) is 0 Å². The van der Waals surface area contributed by atoms with Crippen LogP contribution in [-0.4, -0.2) is 81.0 Å². The third-order valence-corrected chi connectivity index (χ3v) is 6.76. The first-order chi connectivity index (χ1) is 10.3. The molecule has 9 atom stereocenters. The van der Waals surface area contributed by atoms with Gasteiger partial charge < -0.3 is 35.0 Å². The Bertz CT molecular complexity index is 544. The van der Waals surface area contributed by atoms with E-state index in [4.69, 9.17) is 9.47 Å². The molecule has 1 saturated carbocycles. The van der Waals surface area contributed by atoms with Crippen LogP contribution < -0.4 is 0 Å². The van der Waals surface area contributed by atoms with Crippen molar-refractivity contribution in [1.29, 1.82) is 0 Å². The summed E-state index contributed by atoms with van der Waals surface area (Å²) in [6, 6.07) is 0. The molecular weight excluding hydrogens is 292 g/mol. The van der Waals surface area contributed by atoms with Gasteiger partial charge in [-0.3, -0.25) is 0 Å². The number of aliphatic hydroxyl groups is 5. The Kier molecular flexibility index (Phi) is 2.80. The van der Waals surface area contributed by atoms with Crippen LogP contribution >= 0.6 is 0 Å². The molecule has 5 N–H and O–H groups in total. The van der Waals surface area contributed by atoms with E-state index in [1.54, 1.807) is 19.9 Å². The number of hydrogen-bond acceptors (Lipinski definition) is 7. The standard InChI is InChI=1S/C15H22O7/c1-6-3-7-14(4-16,11(20)8(6)17)13(2)10(19)9(18)12(22-7)15(13)5-21-15/h3,7-12,16-20H,4-5H2,1-2H3/t7-,8-,9-,10-,11-,12-,13-,14-,15+/m1/s1. The summed E-state index contributed by atoms with van der Waals surface area (Å²) in [5, 5.41) is 52.3. The van der Waals surface area contributed by atoms with Crippen LogP contribution in [0.5, 0.6) is 0 Å². The molecule has 7 heteroatoms. The molecule has 0 aromatic carbocycles. The van der Waals surface area contributed by atoms with Gasteiger partial charge in [0.05, 0.1) is 36.9 Å². The second-order valence-corrected chi connectivity index (χ2v) is 7.29. The maximum absolute atomic E-state index is 10.8. The van der Waals surface area contributed by atoms with E-state index in [0.717, 1.165) is 0 Å². The number of aliphatic hydroxyl groups excluding tert-OH is 5. The maximum atomic E-state index is 10.8. The molecule has 0 aromatic rings. The quantitative estimate of drug-likeness (QED) is 0.278. The van der Waals surface area contributed by atoms with Gasteiger partial charge in [-0.1, -0.05) is 13.0 Å². The first-order valence-corrected chi connectivity index (χ1v) is 7.59. The molecule has 3 fully saturated rings. The Morgan fingerprint density at radius 1 is 1.23 bits per heavy atom. The normalized spacial score (nSPS) is 62.8. The van der Waals surface area contributed by atoms with E-state index in [0.29, 0.717) is 5.57 Å². The van der Waals surface area contributed by atoms with E-state index in [-0.39, 0.29) is 6.61 Å². The van der Waals surface area contributed by atoms with E-state index in [9.17, 15) is 25.5 Å². The number of epoxide rings is 1. The number of rotatable bonds is 1. The van der Waals surface area contributed by atoms with E-state index in [2.05, 4.69) is 0 Å². The van der Waals surface area contributed by atoms with Crippen LogP contribution in [0.1, 0.15) is 13.8 Å². The van der Waals surface area contributed by atoms with Gasteiger partial charge in [0.25, 0.3) is 0 Å². The average Bonchev–Trinajstić information content (AvgIpc) is 3.27. The van der Waals surface area contributed by atoms with Gasteiger partial charge in [0.15, 0.2) is 0 Å². The third kappa shape index (κ3) is 1.23. The molecule has 0 amide bonds. The third-order valence-electron chi connectivity index (χ3n) is 6.76. The van der Waals surface area contributed by atoms with E-state index >= 15 is 0 Å². The molecule has 0 radical (unpaired) electrons. The SMILES string of the molecule is CC1=C[C@H]2O[C@@H]3[C@H](O)[C@@H](O)[C@](C)([C@@]2(CO)[C@H](O)[C@@H]1O)[C@]31CO1. The zero-order valence-corrected chi connectivity index (χ0v) is 12.5. The van der Waals surface area contributed by atoms with Crippen molar-refractivity contribution in [2.24, 2.45) is 10.8 Å². The monoisotopic (exact) mass is 314 g/mol. The lowest BCUT2D eigenvalue weighted by Crippen LogP contribution is -2.72. The topological polar surface area (TPSA) is 123 Å². The zero-order chi connectivity index (χ0) is 16.1. The molecule has 22 heavy (non-hydrogen) atoms. The van der Waals surface area contributed by atoms with Gasteiger partial charge in [0.2, 0.25) is 0 Å². The minimum absolute atomic E-state index is 0.280. The van der Waals surface area contributed by atoms with Crippen molar-refractivity contribution in [3.63, 3.8) is 0 Å². The van der Waals surface area contributed by atoms with Gasteiger partial charge in [0.1, 0.15) is 23.9 Å². The summed E-state index contributed by atoms with van der Waals surface area (Å²) >= 11 is 0. The van der Waals surface area contributed by atoms with E-state index in [1.165, 1.54) is 0 Å². The van der Waals surface area contributed by atoms with Crippen molar-refractivity contribution in [1.82, 2.24) is 0 Å². The smallest absolute Gasteiger partial charge is 0.129 e. The minimum atomic E-state index is -1.35. The Labute approximate surface area is 127 Å². The van der Waals surface area contributed by atoms with Gasteiger partial charge in [0, 0.05) is 5.41 Å². The Morgan fingerprint density at radius 3 is 2.41 bits per heavy atom. The highest BCUT2D eigenvalue weighted by molar-refractivity contribution is 5.37. The van der Waals surface area contributed by atoms with Crippen molar-refractivity contribution in [2.45, 2.75) is 56.1 Å². The van der Waals surface area contributed by atoms with Crippen molar-refractivity contribution in [3.05, 3.63) is 11.6 Å². The summed E-state index contributed by atoms with van der Waals surface area (Å²) < 4.78 is 11.5. The first kappa shape index (κ1) is 15.0. The van der Waals surface area contributed by atoms with E-state index in [1.807, 2.05) is 0 Å². The minimum Gasteiger partial charge on any atom is -0.396 e. The summed E-state index contributed by atoms with van der Waals surface area (Å²) in [4.78, 5) is 0. The van der Waals surface area contributed by atoms with Gasteiger partial charge in [-0.15, -0.1) is 0 Å². The van der Waals surface area contributed by atoms with Crippen LogP contribution in [-0.2, 0) is 9.47 Å². The van der Waals surface area contributed by atoms with E-state index < -0.39 is 59.7 Å². The highest BCUT2D eigenvalue weighted by atomic mass is 16.6. The Balaban J connectivity index is 1.96. The molecule has 1 spiro atoms. The van der Waals surface area contributed by atoms with Gasteiger partial charge in [-0.2, -0.15) is 0 Å². The highest BCUT2D eigenvalue weighted by Crippen LogP contribution is 2.71. The van der Waals surface area contributed by atoms with Gasteiger partial charge >= 0.3 is 0 Å². The second kappa shape index (κ2) is 4.10. The van der Waals surface area contributed by atoms with Crippen molar-refractivity contribution < 1.29 is 35.0 Å². The number of fused-ring (bicyclic) bond motifs is 2. The predicted octanol–water partition coefficient (Wildman–Crippen LogP) is -2.08. The summed E-state index contributed by atoms with van der Waals surface area (Å²) in [6.45, 7) is 3.15. The molecule has 2 aliphatic carbocycles. The van der Waals surface area contributed by atoms with Crippen LogP contribution in [0.25, 0.3) is 0 Å². The summed E-state index contributed by atoms with van der Waals surface area (Å²) in [5.41, 5.74) is -2.89. The number of ether oxygens (including phenoxy) is 2. The molecule has 4 rings (SSSR count). The average molecular weight is 314 g/mol. The largest absolute Gasteiger partial charge is 0.396 e. The van der Waals surface area contributed by atoms with Crippen molar-refractivity contribution in [2.75, 3.05) is 13.2 Å². The maximum Gasteiger partial charge on any atom is 0.129 e. The molecule has 124 valence electrons. The lowest BCUT2D eigenvalue weighted by Gasteiger charge is -2.60. The van der Waals surface area contributed by atoms with Gasteiger partial charge in [-0.25, -0.2) is 0 Å². The molecule has 0 aromatic heterocycles. The fraction of sp³-hybridized carbons (Fsp3) is 0.867. The molecule has 2 heterocycles. The molecule has 2 saturated heterocycles. The molecule has 4 aliphatic rings. The molecule has 2 bridgehead atoms. The fourth-order valence-corrected chi connectivity index (χ4v) is 5.18. The second-order valence-electron chi connectivity index (χ2n) is 7.29. The summed E-state index contributed by atoms with van der Waals surface area (Å²) in [5.74, 6) is 0. The Hall–Kier alpha value is -0.540. The molecule has 0 unspecified atom stereocenters. The highest BCUT2D eigenvalue weighted by Gasteiger charge is 2.86. The predicted molar refractivity (Wildman–Crippen MR) is 72.8 cm³/mol. The van der Waals surface area contributed by atoms with Crippen LogP contribution in [0.2, 0.25) is 0 Å².